The SMILES string of the molecule is COc1ccc(/C=C/C(=O)N2CCN(S(=O)(=O)c3cccs3)CC2)cc1. The van der Waals surface area contributed by atoms with Crippen molar-refractivity contribution in [2.45, 2.75) is 4.21 Å². The van der Waals surface area contributed by atoms with E-state index in [0.29, 0.717) is 30.4 Å². The van der Waals surface area contributed by atoms with Crippen molar-refractivity contribution in [1.29, 1.82) is 0 Å². The summed E-state index contributed by atoms with van der Waals surface area (Å²) in [5, 5.41) is 1.75. The molecule has 1 amide bonds. The Labute approximate surface area is 157 Å². The van der Waals surface area contributed by atoms with Gasteiger partial charge in [0.1, 0.15) is 9.96 Å². The van der Waals surface area contributed by atoms with E-state index in [-0.39, 0.29) is 5.91 Å². The zero-order valence-corrected chi connectivity index (χ0v) is 16.0. The fourth-order valence-electron chi connectivity index (χ4n) is 2.67. The molecule has 3 rings (SSSR count). The topological polar surface area (TPSA) is 66.9 Å². The molecule has 1 fully saturated rings. The van der Waals surface area contributed by atoms with Gasteiger partial charge in [0.2, 0.25) is 5.91 Å². The van der Waals surface area contributed by atoms with Gasteiger partial charge in [-0.2, -0.15) is 4.31 Å². The number of methoxy groups -OCH3 is 1. The first-order valence-electron chi connectivity index (χ1n) is 8.15. The molecule has 1 aliphatic rings. The molecule has 138 valence electrons. The van der Waals surface area contributed by atoms with E-state index in [0.717, 1.165) is 11.3 Å². The fraction of sp³-hybridized carbons (Fsp3) is 0.278. The second-order valence-corrected chi connectivity index (χ2v) is 8.88. The number of amides is 1. The van der Waals surface area contributed by atoms with Gasteiger partial charge in [0.15, 0.2) is 0 Å². The van der Waals surface area contributed by atoms with Crippen molar-refractivity contribution < 1.29 is 17.9 Å². The van der Waals surface area contributed by atoms with Crippen LogP contribution in [0.2, 0.25) is 0 Å². The lowest BCUT2D eigenvalue weighted by Crippen LogP contribution is -2.50. The van der Waals surface area contributed by atoms with E-state index in [1.54, 1.807) is 35.6 Å². The molecule has 1 saturated heterocycles. The Balaban J connectivity index is 1.57. The van der Waals surface area contributed by atoms with E-state index in [9.17, 15) is 13.2 Å². The smallest absolute Gasteiger partial charge is 0.252 e. The second-order valence-electron chi connectivity index (χ2n) is 5.77. The van der Waals surface area contributed by atoms with Crippen LogP contribution in [0, 0.1) is 0 Å². The van der Waals surface area contributed by atoms with E-state index in [4.69, 9.17) is 4.74 Å². The molecule has 0 N–H and O–H groups in total. The molecular weight excluding hydrogens is 372 g/mol. The van der Waals surface area contributed by atoms with Crippen LogP contribution in [-0.2, 0) is 14.8 Å². The maximum atomic E-state index is 12.5. The minimum absolute atomic E-state index is 0.117. The summed E-state index contributed by atoms with van der Waals surface area (Å²) >= 11 is 1.21. The van der Waals surface area contributed by atoms with Crippen LogP contribution in [0.4, 0.5) is 0 Å². The van der Waals surface area contributed by atoms with Crippen LogP contribution in [0.3, 0.4) is 0 Å². The van der Waals surface area contributed by atoms with Crippen molar-refractivity contribution in [2.75, 3.05) is 33.3 Å². The molecule has 0 aliphatic carbocycles. The molecule has 1 aromatic heterocycles. The summed E-state index contributed by atoms with van der Waals surface area (Å²) < 4.78 is 31.9. The summed E-state index contributed by atoms with van der Waals surface area (Å²) in [6.45, 7) is 1.39. The van der Waals surface area contributed by atoms with Crippen LogP contribution in [0.15, 0.2) is 52.1 Å². The van der Waals surface area contributed by atoms with Crippen LogP contribution in [0.5, 0.6) is 5.75 Å². The first-order valence-corrected chi connectivity index (χ1v) is 10.5. The number of ether oxygens (including phenoxy) is 1. The van der Waals surface area contributed by atoms with Crippen molar-refractivity contribution in [3.8, 4) is 5.75 Å². The van der Waals surface area contributed by atoms with Gasteiger partial charge >= 0.3 is 0 Å². The van der Waals surface area contributed by atoms with E-state index >= 15 is 0 Å². The minimum Gasteiger partial charge on any atom is -0.497 e. The number of nitrogens with zero attached hydrogens (tertiary/aromatic N) is 2. The third kappa shape index (κ3) is 4.14. The lowest BCUT2D eigenvalue weighted by Gasteiger charge is -2.33. The Kier molecular flexibility index (Phi) is 5.75. The van der Waals surface area contributed by atoms with Crippen molar-refractivity contribution >= 4 is 33.3 Å². The molecule has 0 saturated carbocycles. The van der Waals surface area contributed by atoms with Gasteiger partial charge in [-0.25, -0.2) is 8.42 Å². The summed E-state index contributed by atoms with van der Waals surface area (Å²) in [4.78, 5) is 14.0. The van der Waals surface area contributed by atoms with Crippen LogP contribution < -0.4 is 4.74 Å². The molecular formula is C18H20N2O4S2. The number of hydrogen-bond donors (Lipinski definition) is 0. The Morgan fingerprint density at radius 3 is 2.38 bits per heavy atom. The number of hydrogen-bond acceptors (Lipinski definition) is 5. The largest absolute Gasteiger partial charge is 0.497 e. The maximum absolute atomic E-state index is 12.5. The van der Waals surface area contributed by atoms with Crippen molar-refractivity contribution in [1.82, 2.24) is 9.21 Å². The number of sulfonamides is 1. The zero-order valence-electron chi connectivity index (χ0n) is 14.4. The van der Waals surface area contributed by atoms with Crippen LogP contribution in [0.1, 0.15) is 5.56 Å². The highest BCUT2D eigenvalue weighted by Crippen LogP contribution is 2.22. The first kappa shape index (κ1) is 18.6. The van der Waals surface area contributed by atoms with Gasteiger partial charge in [-0.3, -0.25) is 4.79 Å². The average molecular weight is 393 g/mol. The molecule has 0 unspecified atom stereocenters. The fourth-order valence-corrected chi connectivity index (χ4v) is 5.24. The summed E-state index contributed by atoms with van der Waals surface area (Å²) in [7, 11) is -1.84. The lowest BCUT2D eigenvalue weighted by molar-refractivity contribution is -0.127. The van der Waals surface area contributed by atoms with Gasteiger partial charge in [0, 0.05) is 32.3 Å². The highest BCUT2D eigenvalue weighted by molar-refractivity contribution is 7.91. The molecule has 2 heterocycles. The van der Waals surface area contributed by atoms with E-state index in [1.165, 1.54) is 21.7 Å². The van der Waals surface area contributed by atoms with Gasteiger partial charge in [0.05, 0.1) is 7.11 Å². The number of carbonyl (C=O) groups excluding carboxylic acids is 1. The summed E-state index contributed by atoms with van der Waals surface area (Å²) in [5.41, 5.74) is 0.901. The van der Waals surface area contributed by atoms with Crippen LogP contribution >= 0.6 is 11.3 Å². The highest BCUT2D eigenvalue weighted by Gasteiger charge is 2.30. The zero-order chi connectivity index (χ0) is 18.6. The predicted molar refractivity (Wildman–Crippen MR) is 102 cm³/mol. The Morgan fingerprint density at radius 1 is 1.12 bits per heavy atom. The highest BCUT2D eigenvalue weighted by atomic mass is 32.2. The van der Waals surface area contributed by atoms with Gasteiger partial charge in [-0.05, 0) is 35.2 Å². The van der Waals surface area contributed by atoms with E-state index in [1.807, 2.05) is 24.3 Å². The summed E-state index contributed by atoms with van der Waals surface area (Å²) in [6, 6.07) is 10.7. The number of benzene rings is 1. The van der Waals surface area contributed by atoms with Gasteiger partial charge in [-0.1, -0.05) is 18.2 Å². The summed E-state index contributed by atoms with van der Waals surface area (Å²) in [6.07, 6.45) is 3.27. The van der Waals surface area contributed by atoms with E-state index < -0.39 is 10.0 Å². The minimum atomic E-state index is -3.45. The molecule has 0 spiro atoms. The molecule has 6 nitrogen and oxygen atoms in total. The third-order valence-electron chi connectivity index (χ3n) is 4.17. The number of rotatable bonds is 5. The molecule has 1 aliphatic heterocycles. The summed E-state index contributed by atoms with van der Waals surface area (Å²) in [5.74, 6) is 0.644. The van der Waals surface area contributed by atoms with E-state index in [2.05, 4.69) is 0 Å². The second kappa shape index (κ2) is 8.03. The molecule has 0 bridgehead atoms. The predicted octanol–water partition coefficient (Wildman–Crippen LogP) is 2.30. The average Bonchev–Trinajstić information content (AvgIpc) is 3.22. The Bertz CT molecular complexity index is 866. The van der Waals surface area contributed by atoms with Gasteiger partial charge in [-0.15, -0.1) is 11.3 Å². The monoisotopic (exact) mass is 392 g/mol. The molecule has 0 atom stereocenters. The Morgan fingerprint density at radius 2 is 1.81 bits per heavy atom. The van der Waals surface area contributed by atoms with Crippen molar-refractivity contribution in [2.24, 2.45) is 0 Å². The van der Waals surface area contributed by atoms with Crippen LogP contribution in [0.25, 0.3) is 6.08 Å². The first-order chi connectivity index (χ1) is 12.5. The maximum Gasteiger partial charge on any atom is 0.252 e. The molecule has 8 heteroatoms. The number of piperazine rings is 1. The molecule has 1 aromatic carbocycles. The van der Waals surface area contributed by atoms with Crippen LogP contribution in [-0.4, -0.2) is 56.8 Å². The van der Waals surface area contributed by atoms with Gasteiger partial charge < -0.3 is 9.64 Å². The number of thiophene rings is 1. The van der Waals surface area contributed by atoms with Crippen molar-refractivity contribution in [3.63, 3.8) is 0 Å². The third-order valence-corrected chi connectivity index (χ3v) is 7.45. The number of carbonyl (C=O) groups is 1. The van der Waals surface area contributed by atoms with Gasteiger partial charge in [0.25, 0.3) is 10.0 Å². The molecule has 26 heavy (non-hydrogen) atoms. The van der Waals surface area contributed by atoms with Crippen molar-refractivity contribution in [3.05, 3.63) is 53.4 Å². The standard InChI is InChI=1S/C18H20N2O4S2/c1-24-16-7-4-15(5-8-16)6-9-17(21)19-10-12-20(13-11-19)26(22,23)18-3-2-14-25-18/h2-9,14H,10-13H2,1H3/b9-6+. The quantitative estimate of drug-likeness (QED) is 0.733. The molecule has 0 radical (unpaired) electrons. The Hall–Kier alpha value is -2.16. The normalized spacial score (nSPS) is 16.1. The lowest BCUT2D eigenvalue weighted by atomic mass is 10.2. The molecule has 2 aromatic rings.